The molecule has 0 saturated heterocycles. The van der Waals surface area contributed by atoms with Gasteiger partial charge in [0.15, 0.2) is 0 Å². The van der Waals surface area contributed by atoms with Crippen molar-refractivity contribution in [1.29, 1.82) is 0 Å². The highest BCUT2D eigenvalue weighted by atomic mass is 32.2. The van der Waals surface area contributed by atoms with Gasteiger partial charge in [-0.3, -0.25) is 9.10 Å². The number of amides is 1. The maximum Gasteiger partial charge on any atom is 0.264 e. The number of carbonyl (C=O) groups is 1. The molecule has 7 heteroatoms. The smallest absolute Gasteiger partial charge is 0.264 e. The quantitative estimate of drug-likeness (QED) is 0.597. The molecule has 0 aliphatic carbocycles. The van der Waals surface area contributed by atoms with E-state index in [9.17, 15) is 13.2 Å². The molecule has 0 bridgehead atoms. The summed E-state index contributed by atoms with van der Waals surface area (Å²) < 4.78 is 33.0. The summed E-state index contributed by atoms with van der Waals surface area (Å²) in [5, 5.41) is 0. The molecule has 0 aromatic heterocycles. The lowest BCUT2D eigenvalue weighted by Gasteiger charge is -2.23. The van der Waals surface area contributed by atoms with Crippen molar-refractivity contribution >= 4 is 27.3 Å². The molecule has 0 aliphatic rings. The SMILES string of the molecule is COc1ccccc1N(C)S(=O)(=O)c1ccc(C)c(C(=O)N(C)c2ccccc2)c1. The zero-order valence-corrected chi connectivity index (χ0v) is 18.2. The van der Waals surface area contributed by atoms with Crippen molar-refractivity contribution in [2.45, 2.75) is 11.8 Å². The maximum absolute atomic E-state index is 13.3. The fourth-order valence-electron chi connectivity index (χ4n) is 3.12. The number of methoxy groups -OCH3 is 1. The molecular weight excluding hydrogens is 400 g/mol. The molecule has 156 valence electrons. The lowest BCUT2D eigenvalue weighted by atomic mass is 10.1. The second-order valence-corrected chi connectivity index (χ2v) is 8.79. The second-order valence-electron chi connectivity index (χ2n) is 6.82. The van der Waals surface area contributed by atoms with Crippen LogP contribution in [0.5, 0.6) is 5.75 Å². The van der Waals surface area contributed by atoms with Gasteiger partial charge >= 0.3 is 0 Å². The van der Waals surface area contributed by atoms with Crippen LogP contribution in [0.1, 0.15) is 15.9 Å². The minimum absolute atomic E-state index is 0.0336. The Labute approximate surface area is 177 Å². The molecule has 3 aromatic carbocycles. The van der Waals surface area contributed by atoms with Crippen molar-refractivity contribution in [1.82, 2.24) is 0 Å². The zero-order chi connectivity index (χ0) is 21.9. The van der Waals surface area contributed by atoms with Gasteiger partial charge in [0.2, 0.25) is 0 Å². The van der Waals surface area contributed by atoms with E-state index in [0.717, 1.165) is 9.99 Å². The van der Waals surface area contributed by atoms with Crippen LogP contribution in [0.3, 0.4) is 0 Å². The van der Waals surface area contributed by atoms with E-state index in [1.54, 1.807) is 44.3 Å². The molecule has 0 saturated carbocycles. The molecule has 0 fully saturated rings. The van der Waals surface area contributed by atoms with Gasteiger partial charge in [0.05, 0.1) is 17.7 Å². The van der Waals surface area contributed by atoms with Crippen LogP contribution < -0.4 is 13.9 Å². The standard InChI is InChI=1S/C23H24N2O4S/c1-17-14-15-19(16-20(17)23(26)24(2)18-10-6-5-7-11-18)30(27,28)25(3)21-12-8-9-13-22(21)29-4/h5-16H,1-4H3. The summed E-state index contributed by atoms with van der Waals surface area (Å²) in [5.74, 6) is 0.159. The number of aryl methyl sites for hydroxylation is 1. The van der Waals surface area contributed by atoms with Gasteiger partial charge in [-0.2, -0.15) is 0 Å². The molecule has 3 rings (SSSR count). The van der Waals surface area contributed by atoms with E-state index in [0.29, 0.717) is 22.6 Å². The van der Waals surface area contributed by atoms with E-state index in [1.807, 2.05) is 30.3 Å². The summed E-state index contributed by atoms with van der Waals surface area (Å²) in [5.41, 5.74) is 2.16. The van der Waals surface area contributed by atoms with Crippen molar-refractivity contribution in [3.63, 3.8) is 0 Å². The highest BCUT2D eigenvalue weighted by Gasteiger charge is 2.26. The Hall–Kier alpha value is -3.32. The summed E-state index contributed by atoms with van der Waals surface area (Å²) in [6.45, 7) is 1.78. The van der Waals surface area contributed by atoms with E-state index < -0.39 is 10.0 Å². The Kier molecular flexibility index (Phi) is 6.12. The minimum atomic E-state index is -3.91. The summed E-state index contributed by atoms with van der Waals surface area (Å²) in [4.78, 5) is 14.6. The molecule has 0 radical (unpaired) electrons. The van der Waals surface area contributed by atoms with Gasteiger partial charge in [-0.05, 0) is 48.9 Å². The predicted octanol–water partition coefficient (Wildman–Crippen LogP) is 4.11. The largest absolute Gasteiger partial charge is 0.495 e. The molecule has 30 heavy (non-hydrogen) atoms. The van der Waals surface area contributed by atoms with Gasteiger partial charge in [-0.25, -0.2) is 8.42 Å². The minimum Gasteiger partial charge on any atom is -0.495 e. The van der Waals surface area contributed by atoms with Crippen LogP contribution in [0.25, 0.3) is 0 Å². The van der Waals surface area contributed by atoms with E-state index in [2.05, 4.69) is 0 Å². The monoisotopic (exact) mass is 424 g/mol. The van der Waals surface area contributed by atoms with Crippen molar-refractivity contribution < 1.29 is 17.9 Å². The Balaban J connectivity index is 2.00. The fraction of sp³-hybridized carbons (Fsp3) is 0.174. The number of anilines is 2. The molecule has 0 unspecified atom stereocenters. The third kappa shape index (κ3) is 4.02. The molecule has 6 nitrogen and oxygen atoms in total. The molecule has 3 aromatic rings. The third-order valence-electron chi connectivity index (χ3n) is 4.97. The average molecular weight is 425 g/mol. The van der Waals surface area contributed by atoms with Gasteiger partial charge in [-0.1, -0.05) is 36.4 Å². The number of rotatable bonds is 6. The second kappa shape index (κ2) is 8.59. The van der Waals surface area contributed by atoms with E-state index >= 15 is 0 Å². The van der Waals surface area contributed by atoms with Crippen molar-refractivity contribution in [3.8, 4) is 5.75 Å². The first-order valence-electron chi connectivity index (χ1n) is 9.33. The van der Waals surface area contributed by atoms with Crippen LogP contribution in [0.4, 0.5) is 11.4 Å². The Morgan fingerprint density at radius 3 is 2.20 bits per heavy atom. The molecule has 1 amide bonds. The molecule has 0 heterocycles. The first-order chi connectivity index (χ1) is 14.3. The van der Waals surface area contributed by atoms with Crippen LogP contribution in [-0.2, 0) is 10.0 Å². The molecule has 0 spiro atoms. The van der Waals surface area contributed by atoms with Gasteiger partial charge in [0, 0.05) is 25.3 Å². The number of hydrogen-bond donors (Lipinski definition) is 0. The Bertz CT molecular complexity index is 1160. The van der Waals surface area contributed by atoms with Crippen molar-refractivity contribution in [2.24, 2.45) is 0 Å². The third-order valence-corrected chi connectivity index (χ3v) is 6.74. The lowest BCUT2D eigenvalue weighted by molar-refractivity contribution is 0.0992. The van der Waals surface area contributed by atoms with Crippen LogP contribution in [0, 0.1) is 6.92 Å². The normalized spacial score (nSPS) is 11.1. The number of ether oxygens (including phenoxy) is 1. The number of hydrogen-bond acceptors (Lipinski definition) is 4. The average Bonchev–Trinajstić information content (AvgIpc) is 2.78. The topological polar surface area (TPSA) is 66.9 Å². The Morgan fingerprint density at radius 2 is 1.53 bits per heavy atom. The van der Waals surface area contributed by atoms with E-state index in [-0.39, 0.29) is 10.8 Å². The fourth-order valence-corrected chi connectivity index (χ4v) is 4.35. The Morgan fingerprint density at radius 1 is 0.900 bits per heavy atom. The first kappa shape index (κ1) is 21.4. The van der Waals surface area contributed by atoms with Gasteiger partial charge < -0.3 is 9.64 Å². The summed E-state index contributed by atoms with van der Waals surface area (Å²) in [6, 6.07) is 20.7. The van der Waals surface area contributed by atoms with Gasteiger partial charge in [0.1, 0.15) is 5.75 Å². The maximum atomic E-state index is 13.3. The van der Waals surface area contributed by atoms with Crippen molar-refractivity contribution in [3.05, 3.63) is 83.9 Å². The molecular formula is C23H24N2O4S. The van der Waals surface area contributed by atoms with Crippen molar-refractivity contribution in [2.75, 3.05) is 30.4 Å². The van der Waals surface area contributed by atoms with Crippen LogP contribution >= 0.6 is 0 Å². The number of nitrogens with zero attached hydrogens (tertiary/aromatic N) is 2. The number of carbonyl (C=O) groups excluding carboxylic acids is 1. The van der Waals surface area contributed by atoms with Crippen LogP contribution in [0.2, 0.25) is 0 Å². The van der Waals surface area contributed by atoms with E-state index in [1.165, 1.54) is 31.2 Å². The number of sulfonamides is 1. The van der Waals surface area contributed by atoms with Gasteiger partial charge in [0.25, 0.3) is 15.9 Å². The summed E-state index contributed by atoms with van der Waals surface area (Å²) in [7, 11) is 0.711. The summed E-state index contributed by atoms with van der Waals surface area (Å²) >= 11 is 0. The molecule has 0 aliphatic heterocycles. The summed E-state index contributed by atoms with van der Waals surface area (Å²) in [6.07, 6.45) is 0. The van der Waals surface area contributed by atoms with Gasteiger partial charge in [-0.15, -0.1) is 0 Å². The number of benzene rings is 3. The molecule has 0 atom stereocenters. The highest BCUT2D eigenvalue weighted by Crippen LogP contribution is 2.31. The molecule has 0 N–H and O–H groups in total. The zero-order valence-electron chi connectivity index (χ0n) is 17.4. The van der Waals surface area contributed by atoms with Crippen LogP contribution in [0.15, 0.2) is 77.7 Å². The number of para-hydroxylation sites is 3. The van der Waals surface area contributed by atoms with E-state index in [4.69, 9.17) is 4.74 Å². The predicted molar refractivity (Wildman–Crippen MR) is 119 cm³/mol. The highest BCUT2D eigenvalue weighted by molar-refractivity contribution is 7.92. The lowest BCUT2D eigenvalue weighted by Crippen LogP contribution is -2.29. The van der Waals surface area contributed by atoms with Crippen LogP contribution in [-0.4, -0.2) is 35.5 Å². The first-order valence-corrected chi connectivity index (χ1v) is 10.8.